The standard InChI is InChI=1S/2C6H6N2.Pd/c2*7-5-3-1-2-4-6(5)8;/h2*1-4,7-8H;. The zero-order valence-corrected chi connectivity index (χ0v) is 10.5. The van der Waals surface area contributed by atoms with Crippen molar-refractivity contribution in [2.45, 2.75) is 0 Å². The summed E-state index contributed by atoms with van der Waals surface area (Å²) in [5.41, 5.74) is 1.14. The fraction of sp³-hybridized carbons (Fsp3) is 0. The molecule has 0 bridgehead atoms. The summed E-state index contributed by atoms with van der Waals surface area (Å²) in [4.78, 5) is 0. The van der Waals surface area contributed by atoms with Crippen LogP contribution in [0.4, 0.5) is 0 Å². The molecule has 0 aromatic carbocycles. The van der Waals surface area contributed by atoms with Gasteiger partial charge in [-0.1, -0.05) is 24.3 Å². The molecular formula is C12H12N4Pd. The Hall–Kier alpha value is -1.70. The summed E-state index contributed by atoms with van der Waals surface area (Å²) < 4.78 is 0. The van der Waals surface area contributed by atoms with Crippen molar-refractivity contribution < 1.29 is 20.4 Å². The Labute approximate surface area is 114 Å². The summed E-state index contributed by atoms with van der Waals surface area (Å²) in [5, 5.41) is 28.1. The van der Waals surface area contributed by atoms with Crippen LogP contribution < -0.4 is 0 Å². The zero-order chi connectivity index (χ0) is 12.0. The maximum atomic E-state index is 7.03. The second-order valence-corrected chi connectivity index (χ2v) is 3.09. The van der Waals surface area contributed by atoms with Crippen LogP contribution in [0.25, 0.3) is 0 Å². The monoisotopic (exact) mass is 318 g/mol. The average molecular weight is 319 g/mol. The van der Waals surface area contributed by atoms with Crippen LogP contribution in [0, 0.1) is 21.6 Å². The van der Waals surface area contributed by atoms with Gasteiger partial charge in [-0.2, -0.15) is 0 Å². The van der Waals surface area contributed by atoms with Crippen molar-refractivity contribution >= 4 is 22.8 Å². The van der Waals surface area contributed by atoms with Gasteiger partial charge in [-0.3, -0.25) is 21.6 Å². The Morgan fingerprint density at radius 3 is 0.765 bits per heavy atom. The summed E-state index contributed by atoms with van der Waals surface area (Å²) >= 11 is 0. The minimum Gasteiger partial charge on any atom is -0.299 e. The molecule has 90 valence electrons. The van der Waals surface area contributed by atoms with E-state index in [2.05, 4.69) is 0 Å². The largest absolute Gasteiger partial charge is 0.299 e. The van der Waals surface area contributed by atoms with E-state index >= 15 is 0 Å². The number of nitrogens with one attached hydrogen (secondary N) is 4. The van der Waals surface area contributed by atoms with E-state index in [-0.39, 0.29) is 43.3 Å². The summed E-state index contributed by atoms with van der Waals surface area (Å²) in [6.07, 6.45) is 13.4. The van der Waals surface area contributed by atoms with Gasteiger partial charge in [0.15, 0.2) is 0 Å². The Bertz CT molecular complexity index is 379. The van der Waals surface area contributed by atoms with Crippen LogP contribution in [0.2, 0.25) is 0 Å². The fourth-order valence-electron chi connectivity index (χ4n) is 0.966. The molecule has 0 spiro atoms. The average Bonchev–Trinajstić information content (AvgIpc) is 2.28. The third kappa shape index (κ3) is 5.25. The topological polar surface area (TPSA) is 95.4 Å². The van der Waals surface area contributed by atoms with Gasteiger partial charge in [-0.25, -0.2) is 0 Å². The molecule has 0 fully saturated rings. The predicted molar refractivity (Wildman–Crippen MR) is 67.5 cm³/mol. The van der Waals surface area contributed by atoms with Crippen molar-refractivity contribution in [1.82, 2.24) is 0 Å². The Kier molecular flexibility index (Phi) is 6.80. The van der Waals surface area contributed by atoms with Gasteiger partial charge >= 0.3 is 0 Å². The van der Waals surface area contributed by atoms with E-state index in [9.17, 15) is 0 Å². The molecular weight excluding hydrogens is 307 g/mol. The van der Waals surface area contributed by atoms with E-state index < -0.39 is 0 Å². The van der Waals surface area contributed by atoms with E-state index in [4.69, 9.17) is 21.6 Å². The van der Waals surface area contributed by atoms with E-state index in [0.717, 1.165) is 0 Å². The number of allylic oxidation sites excluding steroid dienone is 8. The molecule has 0 unspecified atom stereocenters. The van der Waals surface area contributed by atoms with Crippen molar-refractivity contribution in [2.24, 2.45) is 0 Å². The molecule has 2 aliphatic rings. The first-order chi connectivity index (χ1) is 7.61. The Balaban J connectivity index is 0.000000284. The van der Waals surface area contributed by atoms with E-state index in [1.54, 1.807) is 48.6 Å². The number of hydrogen-bond acceptors (Lipinski definition) is 4. The second-order valence-electron chi connectivity index (χ2n) is 3.09. The van der Waals surface area contributed by atoms with Crippen molar-refractivity contribution in [3.05, 3.63) is 48.6 Å². The third-order valence-corrected chi connectivity index (χ3v) is 1.85. The minimum atomic E-state index is 0. The molecule has 0 aromatic heterocycles. The summed E-state index contributed by atoms with van der Waals surface area (Å²) in [5.74, 6) is 0. The Morgan fingerprint density at radius 1 is 0.471 bits per heavy atom. The molecule has 0 aromatic rings. The number of hydrogen-bond donors (Lipinski definition) is 4. The maximum Gasteiger partial charge on any atom is 0.0789 e. The van der Waals surface area contributed by atoms with Gasteiger partial charge in [0.05, 0.1) is 22.8 Å². The van der Waals surface area contributed by atoms with Gasteiger partial charge in [0.25, 0.3) is 0 Å². The van der Waals surface area contributed by atoms with Gasteiger partial charge < -0.3 is 0 Å². The first kappa shape index (κ1) is 15.3. The van der Waals surface area contributed by atoms with Crippen molar-refractivity contribution in [3.63, 3.8) is 0 Å². The summed E-state index contributed by atoms with van der Waals surface area (Å²) in [7, 11) is 0. The van der Waals surface area contributed by atoms with Crippen molar-refractivity contribution in [3.8, 4) is 0 Å². The molecule has 2 rings (SSSR count). The van der Waals surface area contributed by atoms with Crippen LogP contribution in [-0.4, -0.2) is 22.8 Å². The molecule has 5 heteroatoms. The van der Waals surface area contributed by atoms with Crippen LogP contribution >= 0.6 is 0 Å². The molecule has 4 N–H and O–H groups in total. The first-order valence-electron chi connectivity index (χ1n) is 4.65. The van der Waals surface area contributed by atoms with E-state index in [1.165, 1.54) is 0 Å². The molecule has 0 saturated carbocycles. The molecule has 0 heterocycles. The van der Waals surface area contributed by atoms with Crippen LogP contribution in [0.1, 0.15) is 0 Å². The van der Waals surface area contributed by atoms with Gasteiger partial charge in [-0.15, -0.1) is 0 Å². The molecule has 0 atom stereocenters. The second kappa shape index (κ2) is 7.56. The molecule has 17 heavy (non-hydrogen) atoms. The maximum absolute atomic E-state index is 7.03. The predicted octanol–water partition coefficient (Wildman–Crippen LogP) is 2.30. The quantitative estimate of drug-likeness (QED) is 0.389. The molecule has 4 nitrogen and oxygen atoms in total. The summed E-state index contributed by atoms with van der Waals surface area (Å²) in [6, 6.07) is 0. The van der Waals surface area contributed by atoms with Gasteiger partial charge in [0, 0.05) is 20.4 Å². The van der Waals surface area contributed by atoms with Crippen molar-refractivity contribution in [1.29, 1.82) is 21.6 Å². The van der Waals surface area contributed by atoms with Gasteiger partial charge in [-0.05, 0) is 24.3 Å². The van der Waals surface area contributed by atoms with Crippen LogP contribution in [0.5, 0.6) is 0 Å². The number of rotatable bonds is 0. The fourth-order valence-corrected chi connectivity index (χ4v) is 0.966. The molecule has 2 aliphatic carbocycles. The Morgan fingerprint density at radius 2 is 0.647 bits per heavy atom. The normalized spacial score (nSPS) is 16.5. The van der Waals surface area contributed by atoms with Gasteiger partial charge in [0.1, 0.15) is 0 Å². The molecule has 0 saturated heterocycles. The smallest absolute Gasteiger partial charge is 0.0789 e. The van der Waals surface area contributed by atoms with Crippen LogP contribution in [0.3, 0.4) is 0 Å². The first-order valence-corrected chi connectivity index (χ1v) is 4.65. The molecule has 0 radical (unpaired) electrons. The SMILES string of the molecule is N=C1C=CC=CC1=N.N=C1C=CC=CC1=N.[Pd]. The minimum absolute atomic E-state index is 0. The zero-order valence-electron chi connectivity index (χ0n) is 8.94. The van der Waals surface area contributed by atoms with E-state index in [1.807, 2.05) is 0 Å². The third-order valence-electron chi connectivity index (χ3n) is 1.85. The van der Waals surface area contributed by atoms with Crippen molar-refractivity contribution in [2.75, 3.05) is 0 Å². The van der Waals surface area contributed by atoms with E-state index in [0.29, 0.717) is 0 Å². The van der Waals surface area contributed by atoms with Crippen LogP contribution in [-0.2, 0) is 20.4 Å². The molecule has 0 amide bonds. The van der Waals surface area contributed by atoms with Crippen LogP contribution in [0.15, 0.2) is 48.6 Å². The summed E-state index contributed by atoms with van der Waals surface area (Å²) in [6.45, 7) is 0. The van der Waals surface area contributed by atoms with Gasteiger partial charge in [0.2, 0.25) is 0 Å². The molecule has 0 aliphatic heterocycles.